The Labute approximate surface area is 109 Å². The lowest BCUT2D eigenvalue weighted by Gasteiger charge is -2.06. The van der Waals surface area contributed by atoms with E-state index in [0.717, 1.165) is 18.6 Å². The van der Waals surface area contributed by atoms with Gasteiger partial charge in [-0.25, -0.2) is 8.78 Å². The zero-order chi connectivity index (χ0) is 13.5. The number of benzene rings is 1. The van der Waals surface area contributed by atoms with E-state index in [-0.39, 0.29) is 0 Å². The van der Waals surface area contributed by atoms with Crippen LogP contribution in [0.15, 0.2) is 18.2 Å². The number of amides is 1. The molecule has 98 valence electrons. The minimum Gasteiger partial charge on any atom is -0.393 e. The van der Waals surface area contributed by atoms with Gasteiger partial charge in [-0.1, -0.05) is 18.3 Å². The molecule has 0 aliphatic rings. The van der Waals surface area contributed by atoms with Gasteiger partial charge >= 0.3 is 0 Å². The van der Waals surface area contributed by atoms with Crippen molar-refractivity contribution in [2.24, 2.45) is 5.73 Å². The highest BCUT2D eigenvalue weighted by Crippen LogP contribution is 2.11. The average Bonchev–Trinajstić information content (AvgIpc) is 2.27. The van der Waals surface area contributed by atoms with Crippen LogP contribution in [0.2, 0.25) is 0 Å². The number of nitrogens with one attached hydrogen (secondary N) is 1. The molecule has 1 rings (SSSR count). The summed E-state index contributed by atoms with van der Waals surface area (Å²) >= 11 is 4.70. The topological polar surface area (TPSA) is 55.1 Å². The van der Waals surface area contributed by atoms with Gasteiger partial charge in [-0.15, -0.1) is 0 Å². The van der Waals surface area contributed by atoms with Gasteiger partial charge < -0.3 is 11.1 Å². The molecule has 1 amide bonds. The second-order valence-corrected chi connectivity index (χ2v) is 4.30. The zero-order valence-electron chi connectivity index (χ0n) is 9.71. The fourth-order valence-electron chi connectivity index (χ4n) is 1.43. The van der Waals surface area contributed by atoms with E-state index in [1.807, 2.05) is 0 Å². The van der Waals surface area contributed by atoms with Crippen molar-refractivity contribution in [3.05, 3.63) is 35.4 Å². The predicted molar refractivity (Wildman–Crippen MR) is 69.3 cm³/mol. The molecule has 0 aliphatic heterocycles. The summed E-state index contributed by atoms with van der Waals surface area (Å²) in [6, 6.07) is 3.30. The first kappa shape index (κ1) is 14.5. The maximum Gasteiger partial charge on any atom is 0.257 e. The monoisotopic (exact) mass is 272 g/mol. The number of hydrogen-bond donors (Lipinski definition) is 2. The van der Waals surface area contributed by atoms with Gasteiger partial charge in [0, 0.05) is 6.54 Å². The van der Waals surface area contributed by atoms with Crippen molar-refractivity contribution in [1.82, 2.24) is 5.32 Å². The first-order valence-electron chi connectivity index (χ1n) is 5.53. The van der Waals surface area contributed by atoms with Gasteiger partial charge in [-0.2, -0.15) is 0 Å². The molecule has 3 N–H and O–H groups in total. The third kappa shape index (κ3) is 4.37. The van der Waals surface area contributed by atoms with Crippen LogP contribution in [-0.4, -0.2) is 17.4 Å². The SMILES string of the molecule is NC(=S)CCCCNC(=O)c1c(F)cccc1F. The van der Waals surface area contributed by atoms with Crippen LogP contribution in [0.3, 0.4) is 0 Å². The van der Waals surface area contributed by atoms with Crippen LogP contribution in [0, 0.1) is 11.6 Å². The summed E-state index contributed by atoms with van der Waals surface area (Å²) in [5.74, 6) is -2.48. The van der Waals surface area contributed by atoms with Gasteiger partial charge in [0.15, 0.2) is 0 Å². The second-order valence-electron chi connectivity index (χ2n) is 3.78. The van der Waals surface area contributed by atoms with Crippen molar-refractivity contribution in [2.45, 2.75) is 19.3 Å². The molecule has 1 aromatic rings. The minimum atomic E-state index is -0.865. The molecule has 0 bridgehead atoms. The van der Waals surface area contributed by atoms with E-state index in [1.54, 1.807) is 0 Å². The largest absolute Gasteiger partial charge is 0.393 e. The summed E-state index contributed by atoms with van der Waals surface area (Å²) in [6.45, 7) is 0.329. The third-order valence-corrected chi connectivity index (χ3v) is 2.53. The number of hydrogen-bond acceptors (Lipinski definition) is 2. The molecule has 0 saturated heterocycles. The van der Waals surface area contributed by atoms with Crippen molar-refractivity contribution in [3.63, 3.8) is 0 Å². The van der Waals surface area contributed by atoms with E-state index in [0.29, 0.717) is 24.4 Å². The molecule has 6 heteroatoms. The molecule has 0 heterocycles. The molecule has 0 unspecified atom stereocenters. The molecule has 1 aromatic carbocycles. The van der Waals surface area contributed by atoms with Gasteiger partial charge in [0.1, 0.15) is 17.2 Å². The Morgan fingerprint density at radius 3 is 2.44 bits per heavy atom. The molecule has 0 aliphatic carbocycles. The maximum atomic E-state index is 13.2. The van der Waals surface area contributed by atoms with E-state index < -0.39 is 23.1 Å². The van der Waals surface area contributed by atoms with Crippen molar-refractivity contribution >= 4 is 23.1 Å². The van der Waals surface area contributed by atoms with Crippen LogP contribution in [0.5, 0.6) is 0 Å². The van der Waals surface area contributed by atoms with E-state index in [1.165, 1.54) is 6.07 Å². The van der Waals surface area contributed by atoms with Gasteiger partial charge in [-0.05, 0) is 31.4 Å². The number of carbonyl (C=O) groups is 1. The Hall–Kier alpha value is -1.56. The Bertz CT molecular complexity index is 431. The summed E-state index contributed by atoms with van der Waals surface area (Å²) < 4.78 is 26.5. The van der Waals surface area contributed by atoms with Gasteiger partial charge in [0.2, 0.25) is 0 Å². The normalized spacial score (nSPS) is 10.1. The van der Waals surface area contributed by atoms with Crippen molar-refractivity contribution in [2.75, 3.05) is 6.54 Å². The van der Waals surface area contributed by atoms with Crippen molar-refractivity contribution in [3.8, 4) is 0 Å². The number of halogens is 2. The standard InChI is InChI=1S/C12H14F2N2OS/c13-8-4-3-5-9(14)11(8)12(17)16-7-2-1-6-10(15)18/h3-5H,1-2,6-7H2,(H2,15,18)(H,16,17). The van der Waals surface area contributed by atoms with Crippen LogP contribution >= 0.6 is 12.2 Å². The molecule has 0 fully saturated rings. The Morgan fingerprint density at radius 1 is 1.28 bits per heavy atom. The lowest BCUT2D eigenvalue weighted by molar-refractivity contribution is 0.0944. The smallest absolute Gasteiger partial charge is 0.257 e. The zero-order valence-corrected chi connectivity index (χ0v) is 10.5. The fourth-order valence-corrected chi connectivity index (χ4v) is 1.57. The molecule has 0 aromatic heterocycles. The van der Waals surface area contributed by atoms with Crippen molar-refractivity contribution < 1.29 is 13.6 Å². The summed E-state index contributed by atoms with van der Waals surface area (Å²) in [4.78, 5) is 12.0. The predicted octanol–water partition coefficient (Wildman–Crippen LogP) is 2.15. The van der Waals surface area contributed by atoms with E-state index >= 15 is 0 Å². The number of rotatable bonds is 6. The highest BCUT2D eigenvalue weighted by molar-refractivity contribution is 7.80. The van der Waals surface area contributed by atoms with E-state index in [4.69, 9.17) is 18.0 Å². The van der Waals surface area contributed by atoms with E-state index in [9.17, 15) is 13.6 Å². The molecular formula is C12H14F2N2OS. The Morgan fingerprint density at radius 2 is 1.89 bits per heavy atom. The minimum absolute atomic E-state index is 0.329. The highest BCUT2D eigenvalue weighted by atomic mass is 32.1. The first-order valence-corrected chi connectivity index (χ1v) is 5.93. The summed E-state index contributed by atoms with van der Waals surface area (Å²) in [5.41, 5.74) is 4.76. The van der Waals surface area contributed by atoms with Crippen LogP contribution in [-0.2, 0) is 0 Å². The molecular weight excluding hydrogens is 258 g/mol. The van der Waals surface area contributed by atoms with Gasteiger partial charge in [0.25, 0.3) is 5.91 Å². The summed E-state index contributed by atoms with van der Waals surface area (Å²) in [5, 5.41) is 2.45. The van der Waals surface area contributed by atoms with Crippen LogP contribution in [0.4, 0.5) is 8.78 Å². The average molecular weight is 272 g/mol. The molecule has 0 saturated carbocycles. The summed E-state index contributed by atoms with van der Waals surface area (Å²) in [6.07, 6.45) is 1.98. The quantitative estimate of drug-likeness (QED) is 0.616. The Kier molecular flexibility index (Phi) is 5.64. The third-order valence-electron chi connectivity index (χ3n) is 2.33. The lowest BCUT2D eigenvalue weighted by Crippen LogP contribution is -2.26. The molecule has 3 nitrogen and oxygen atoms in total. The van der Waals surface area contributed by atoms with Gasteiger partial charge in [0.05, 0.1) is 4.99 Å². The second kappa shape index (κ2) is 7.00. The fraction of sp³-hybridized carbons (Fsp3) is 0.333. The maximum absolute atomic E-state index is 13.2. The van der Waals surface area contributed by atoms with Crippen LogP contribution in [0.25, 0.3) is 0 Å². The highest BCUT2D eigenvalue weighted by Gasteiger charge is 2.15. The van der Waals surface area contributed by atoms with Crippen molar-refractivity contribution in [1.29, 1.82) is 0 Å². The molecule has 0 radical (unpaired) electrons. The number of carbonyl (C=O) groups excluding carboxylic acids is 1. The number of thiocarbonyl (C=S) groups is 1. The first-order chi connectivity index (χ1) is 8.52. The van der Waals surface area contributed by atoms with Crippen LogP contribution in [0.1, 0.15) is 29.6 Å². The molecule has 0 spiro atoms. The molecule has 18 heavy (non-hydrogen) atoms. The van der Waals surface area contributed by atoms with E-state index in [2.05, 4.69) is 5.32 Å². The Balaban J connectivity index is 2.44. The van der Waals surface area contributed by atoms with Crippen LogP contribution < -0.4 is 11.1 Å². The lowest BCUT2D eigenvalue weighted by atomic mass is 10.1. The number of unbranched alkanes of at least 4 members (excludes halogenated alkanes) is 1. The summed E-state index contributed by atoms with van der Waals surface area (Å²) in [7, 11) is 0. The molecule has 0 atom stereocenters. The number of nitrogens with two attached hydrogens (primary N) is 1. The van der Waals surface area contributed by atoms with Gasteiger partial charge in [-0.3, -0.25) is 4.79 Å².